The Hall–Kier alpha value is -1.88. The topological polar surface area (TPSA) is 61.4 Å². The van der Waals surface area contributed by atoms with Crippen LogP contribution in [0.1, 0.15) is 17.5 Å². The van der Waals surface area contributed by atoms with Crippen molar-refractivity contribution in [1.82, 2.24) is 10.9 Å². The number of likely N-dealkylation sites (N-methyl/N-ethyl adjacent to an activating group) is 1. The van der Waals surface area contributed by atoms with Gasteiger partial charge in [0.05, 0.1) is 6.42 Å². The molecule has 1 aliphatic rings. The molecule has 2 rings (SSSR count). The fourth-order valence-corrected chi connectivity index (χ4v) is 2.14. The number of carbonyl (C=O) groups excluding carboxylic acids is 2. The number of hydrogen-bond donors (Lipinski definition) is 2. The maximum absolute atomic E-state index is 11.5. The first kappa shape index (κ1) is 12.6. The smallest absolute Gasteiger partial charge is 0.234 e. The Bertz CT molecular complexity index is 485. The van der Waals surface area contributed by atoms with Crippen LogP contribution in [0.5, 0.6) is 0 Å². The van der Waals surface area contributed by atoms with Crippen LogP contribution in [0.15, 0.2) is 18.2 Å². The third kappa shape index (κ3) is 2.51. The van der Waals surface area contributed by atoms with E-state index >= 15 is 0 Å². The molecule has 0 bridgehead atoms. The van der Waals surface area contributed by atoms with Crippen molar-refractivity contribution in [2.24, 2.45) is 0 Å². The van der Waals surface area contributed by atoms with E-state index in [1.807, 2.05) is 18.2 Å². The van der Waals surface area contributed by atoms with Gasteiger partial charge in [0, 0.05) is 26.2 Å². The second kappa shape index (κ2) is 5.18. The molecule has 0 fully saturated rings. The van der Waals surface area contributed by atoms with Crippen LogP contribution in [0.25, 0.3) is 0 Å². The third-order valence-corrected chi connectivity index (χ3v) is 3.13. The van der Waals surface area contributed by atoms with Gasteiger partial charge in [0.15, 0.2) is 0 Å². The molecule has 2 N–H and O–H groups in total. The Labute approximate surface area is 106 Å². The van der Waals surface area contributed by atoms with Crippen LogP contribution >= 0.6 is 0 Å². The molecular formula is C13H17N3O2. The molecule has 0 saturated heterocycles. The summed E-state index contributed by atoms with van der Waals surface area (Å²) in [6.07, 6.45) is 1.57. The number of nitrogens with zero attached hydrogens (tertiary/aromatic N) is 1. The van der Waals surface area contributed by atoms with Gasteiger partial charge in [-0.1, -0.05) is 12.1 Å². The first-order valence-corrected chi connectivity index (χ1v) is 5.95. The molecule has 0 atom stereocenters. The predicted octanol–water partition coefficient (Wildman–Crippen LogP) is 0.389. The van der Waals surface area contributed by atoms with E-state index < -0.39 is 0 Å². The van der Waals surface area contributed by atoms with Gasteiger partial charge in [0.1, 0.15) is 0 Å². The van der Waals surface area contributed by atoms with Crippen molar-refractivity contribution < 1.29 is 9.59 Å². The fourth-order valence-electron chi connectivity index (χ4n) is 2.14. The Morgan fingerprint density at radius 2 is 2.22 bits per heavy atom. The van der Waals surface area contributed by atoms with Crippen molar-refractivity contribution in [3.63, 3.8) is 0 Å². The molecule has 1 aromatic carbocycles. The quantitative estimate of drug-likeness (QED) is 0.757. The molecule has 0 unspecified atom stereocenters. The molecule has 2 amide bonds. The average Bonchev–Trinajstić information content (AvgIpc) is 2.63. The first-order chi connectivity index (χ1) is 8.61. The highest BCUT2D eigenvalue weighted by molar-refractivity contribution is 6.00. The van der Waals surface area contributed by atoms with Gasteiger partial charge in [-0.3, -0.25) is 15.0 Å². The summed E-state index contributed by atoms with van der Waals surface area (Å²) < 4.78 is 0. The Balaban J connectivity index is 2.03. The summed E-state index contributed by atoms with van der Waals surface area (Å²) in [4.78, 5) is 24.5. The number of nitrogens with one attached hydrogen (secondary N) is 2. The van der Waals surface area contributed by atoms with Gasteiger partial charge in [-0.25, -0.2) is 5.43 Å². The van der Waals surface area contributed by atoms with E-state index in [0.29, 0.717) is 19.3 Å². The van der Waals surface area contributed by atoms with Crippen molar-refractivity contribution in [1.29, 1.82) is 0 Å². The summed E-state index contributed by atoms with van der Waals surface area (Å²) in [5.74, 6) is 0.0845. The molecule has 96 valence electrons. The fraction of sp³-hybridized carbons (Fsp3) is 0.385. The zero-order valence-corrected chi connectivity index (χ0v) is 10.6. The molecule has 0 spiro atoms. The molecule has 1 aromatic rings. The Kier molecular flexibility index (Phi) is 3.62. The lowest BCUT2D eigenvalue weighted by atomic mass is 10.0. The molecule has 0 radical (unpaired) electrons. The highest BCUT2D eigenvalue weighted by atomic mass is 16.2. The second-order valence-electron chi connectivity index (χ2n) is 4.39. The number of carbonyl (C=O) groups is 2. The van der Waals surface area contributed by atoms with Crippen LogP contribution in [-0.4, -0.2) is 25.9 Å². The standard InChI is InChI=1S/C13H17N3O2/c1-14-15-12(17)6-4-9-3-5-11-10(7-9)8-13(18)16(11)2/h3,5,7,14H,4,6,8H2,1-2H3,(H,15,17). The minimum Gasteiger partial charge on any atom is -0.315 e. The molecular weight excluding hydrogens is 230 g/mol. The number of rotatable bonds is 4. The Morgan fingerprint density at radius 1 is 1.44 bits per heavy atom. The molecule has 1 aliphatic heterocycles. The molecule has 0 aliphatic carbocycles. The van der Waals surface area contributed by atoms with Crippen LogP contribution in [0.3, 0.4) is 0 Å². The van der Waals surface area contributed by atoms with Crippen molar-refractivity contribution in [2.75, 3.05) is 19.0 Å². The van der Waals surface area contributed by atoms with Gasteiger partial charge in [-0.2, -0.15) is 0 Å². The van der Waals surface area contributed by atoms with E-state index in [0.717, 1.165) is 16.8 Å². The van der Waals surface area contributed by atoms with E-state index in [9.17, 15) is 9.59 Å². The van der Waals surface area contributed by atoms with Gasteiger partial charge in [0.25, 0.3) is 0 Å². The van der Waals surface area contributed by atoms with Gasteiger partial charge >= 0.3 is 0 Å². The number of fused-ring (bicyclic) bond motifs is 1. The van der Waals surface area contributed by atoms with Crippen molar-refractivity contribution >= 4 is 17.5 Å². The summed E-state index contributed by atoms with van der Waals surface area (Å²) in [6.45, 7) is 0. The predicted molar refractivity (Wildman–Crippen MR) is 69.1 cm³/mol. The number of aryl methyl sites for hydroxylation is 1. The summed E-state index contributed by atoms with van der Waals surface area (Å²) in [5.41, 5.74) is 8.25. The normalized spacial score (nSPS) is 13.7. The van der Waals surface area contributed by atoms with Crippen LogP contribution < -0.4 is 15.8 Å². The molecule has 0 saturated carbocycles. The highest BCUT2D eigenvalue weighted by Gasteiger charge is 2.23. The van der Waals surface area contributed by atoms with Gasteiger partial charge in [0.2, 0.25) is 11.8 Å². The molecule has 1 heterocycles. The van der Waals surface area contributed by atoms with Crippen LogP contribution in [0.4, 0.5) is 5.69 Å². The van der Waals surface area contributed by atoms with Crippen LogP contribution in [0, 0.1) is 0 Å². The molecule has 18 heavy (non-hydrogen) atoms. The summed E-state index contributed by atoms with van der Waals surface area (Å²) in [5, 5.41) is 0. The lowest BCUT2D eigenvalue weighted by molar-refractivity contribution is -0.122. The number of anilines is 1. The molecule has 5 nitrogen and oxygen atoms in total. The van der Waals surface area contributed by atoms with Gasteiger partial charge in [-0.15, -0.1) is 0 Å². The number of benzene rings is 1. The number of hydrazine groups is 1. The monoisotopic (exact) mass is 247 g/mol. The van der Waals surface area contributed by atoms with E-state index in [1.54, 1.807) is 19.0 Å². The first-order valence-electron chi connectivity index (χ1n) is 5.95. The molecule has 5 heteroatoms. The van der Waals surface area contributed by atoms with E-state index in [1.165, 1.54) is 0 Å². The van der Waals surface area contributed by atoms with Crippen LogP contribution in [0.2, 0.25) is 0 Å². The lowest BCUT2D eigenvalue weighted by Crippen LogP contribution is -2.34. The maximum atomic E-state index is 11.5. The van der Waals surface area contributed by atoms with Crippen LogP contribution in [-0.2, 0) is 22.4 Å². The summed E-state index contributed by atoms with van der Waals surface area (Å²) >= 11 is 0. The third-order valence-electron chi connectivity index (χ3n) is 3.13. The minimum atomic E-state index is -0.0359. The van der Waals surface area contributed by atoms with Crippen molar-refractivity contribution in [3.05, 3.63) is 29.3 Å². The second-order valence-corrected chi connectivity index (χ2v) is 4.39. The number of hydrogen-bond acceptors (Lipinski definition) is 3. The van der Waals surface area contributed by atoms with E-state index in [4.69, 9.17) is 0 Å². The minimum absolute atomic E-state index is 0.0359. The zero-order valence-electron chi connectivity index (χ0n) is 10.6. The zero-order chi connectivity index (χ0) is 13.1. The largest absolute Gasteiger partial charge is 0.315 e. The van der Waals surface area contributed by atoms with Crippen molar-refractivity contribution in [3.8, 4) is 0 Å². The highest BCUT2D eigenvalue weighted by Crippen LogP contribution is 2.28. The Morgan fingerprint density at radius 3 is 2.94 bits per heavy atom. The summed E-state index contributed by atoms with van der Waals surface area (Å²) in [6, 6.07) is 5.94. The van der Waals surface area contributed by atoms with Gasteiger partial charge in [-0.05, 0) is 23.6 Å². The van der Waals surface area contributed by atoms with E-state index in [-0.39, 0.29) is 11.8 Å². The molecule has 0 aromatic heterocycles. The number of amides is 2. The SMILES string of the molecule is CNNC(=O)CCc1ccc2c(c1)CC(=O)N2C. The van der Waals surface area contributed by atoms with E-state index in [2.05, 4.69) is 10.9 Å². The average molecular weight is 247 g/mol. The van der Waals surface area contributed by atoms with Crippen molar-refractivity contribution in [2.45, 2.75) is 19.3 Å². The maximum Gasteiger partial charge on any atom is 0.234 e. The summed E-state index contributed by atoms with van der Waals surface area (Å²) in [7, 11) is 3.45. The van der Waals surface area contributed by atoms with Gasteiger partial charge < -0.3 is 4.90 Å². The lowest BCUT2D eigenvalue weighted by Gasteiger charge is -2.10.